The van der Waals surface area contributed by atoms with E-state index in [0.29, 0.717) is 0 Å². The van der Waals surface area contributed by atoms with E-state index in [1.165, 1.54) is 5.57 Å². The summed E-state index contributed by atoms with van der Waals surface area (Å²) >= 11 is 0. The lowest BCUT2D eigenvalue weighted by Gasteiger charge is -2.32. The number of piperidine rings is 1. The SMILES string of the molecule is CCNC1CCCN(CC=C(C)C)C1=O. The largest absolute Gasteiger partial charge is 0.338 e. The van der Waals surface area contributed by atoms with Gasteiger partial charge in [-0.2, -0.15) is 0 Å². The fraction of sp³-hybridized carbons (Fsp3) is 0.750. The number of carbonyl (C=O) groups is 1. The molecule has 1 aliphatic heterocycles. The molecular weight excluding hydrogens is 188 g/mol. The van der Waals surface area contributed by atoms with Crippen molar-refractivity contribution in [3.8, 4) is 0 Å². The molecule has 3 nitrogen and oxygen atoms in total. The maximum absolute atomic E-state index is 12.0. The van der Waals surface area contributed by atoms with Crippen molar-refractivity contribution in [2.75, 3.05) is 19.6 Å². The van der Waals surface area contributed by atoms with Crippen molar-refractivity contribution in [1.29, 1.82) is 0 Å². The molecule has 1 atom stereocenters. The number of allylic oxidation sites excluding steroid dienone is 1. The zero-order chi connectivity index (χ0) is 11.3. The van der Waals surface area contributed by atoms with Gasteiger partial charge in [0.15, 0.2) is 0 Å². The molecule has 0 saturated carbocycles. The Balaban J connectivity index is 2.51. The third-order valence-corrected chi connectivity index (χ3v) is 2.70. The first kappa shape index (κ1) is 12.2. The number of likely N-dealkylation sites (tertiary alicyclic amines) is 1. The highest BCUT2D eigenvalue weighted by molar-refractivity contribution is 5.82. The maximum Gasteiger partial charge on any atom is 0.239 e. The highest BCUT2D eigenvalue weighted by Crippen LogP contribution is 2.11. The van der Waals surface area contributed by atoms with Gasteiger partial charge < -0.3 is 10.2 Å². The molecule has 0 aliphatic carbocycles. The van der Waals surface area contributed by atoms with E-state index < -0.39 is 0 Å². The predicted octanol–water partition coefficient (Wildman–Crippen LogP) is 1.55. The van der Waals surface area contributed by atoms with Crippen LogP contribution in [0, 0.1) is 0 Å². The van der Waals surface area contributed by atoms with Crippen LogP contribution in [0.3, 0.4) is 0 Å². The van der Waals surface area contributed by atoms with Crippen LogP contribution in [-0.4, -0.2) is 36.5 Å². The standard InChI is InChI=1S/C12H22N2O/c1-4-13-11-6-5-8-14(12(11)15)9-7-10(2)3/h7,11,13H,4-6,8-9H2,1-3H3. The monoisotopic (exact) mass is 210 g/mol. The van der Waals surface area contributed by atoms with Crippen LogP contribution in [0.25, 0.3) is 0 Å². The fourth-order valence-electron chi connectivity index (χ4n) is 1.85. The number of likely N-dealkylation sites (N-methyl/N-ethyl adjacent to an activating group) is 1. The minimum Gasteiger partial charge on any atom is -0.338 e. The molecule has 1 saturated heterocycles. The van der Waals surface area contributed by atoms with E-state index in [0.717, 1.165) is 32.5 Å². The van der Waals surface area contributed by atoms with Crippen LogP contribution < -0.4 is 5.32 Å². The summed E-state index contributed by atoms with van der Waals surface area (Å²) in [5.41, 5.74) is 1.27. The molecule has 1 amide bonds. The Morgan fingerprint density at radius 2 is 2.33 bits per heavy atom. The molecule has 15 heavy (non-hydrogen) atoms. The van der Waals surface area contributed by atoms with E-state index in [9.17, 15) is 4.79 Å². The molecule has 0 radical (unpaired) electrons. The second kappa shape index (κ2) is 5.91. The van der Waals surface area contributed by atoms with Crippen LogP contribution in [0.5, 0.6) is 0 Å². The van der Waals surface area contributed by atoms with Crippen LogP contribution in [-0.2, 0) is 4.79 Å². The lowest BCUT2D eigenvalue weighted by Crippen LogP contribution is -2.50. The summed E-state index contributed by atoms with van der Waals surface area (Å²) in [6.45, 7) is 8.72. The van der Waals surface area contributed by atoms with Gasteiger partial charge >= 0.3 is 0 Å². The predicted molar refractivity (Wildman–Crippen MR) is 62.7 cm³/mol. The molecular formula is C12H22N2O. The third kappa shape index (κ3) is 3.67. The van der Waals surface area contributed by atoms with E-state index in [4.69, 9.17) is 0 Å². The van der Waals surface area contributed by atoms with Gasteiger partial charge in [-0.1, -0.05) is 18.6 Å². The highest BCUT2D eigenvalue weighted by Gasteiger charge is 2.26. The van der Waals surface area contributed by atoms with Crippen molar-refractivity contribution in [3.05, 3.63) is 11.6 Å². The minimum absolute atomic E-state index is 0.0503. The van der Waals surface area contributed by atoms with Crippen LogP contribution in [0.2, 0.25) is 0 Å². The number of amides is 1. The van der Waals surface area contributed by atoms with Crippen molar-refractivity contribution < 1.29 is 4.79 Å². The molecule has 86 valence electrons. The summed E-state index contributed by atoms with van der Waals surface area (Å²) in [7, 11) is 0. The Hall–Kier alpha value is -0.830. The second-order valence-corrected chi connectivity index (χ2v) is 4.32. The molecule has 1 heterocycles. The Kier molecular flexibility index (Phi) is 4.82. The topological polar surface area (TPSA) is 32.3 Å². The molecule has 1 rings (SSSR count). The van der Waals surface area contributed by atoms with Gasteiger partial charge in [-0.25, -0.2) is 0 Å². The molecule has 1 unspecified atom stereocenters. The van der Waals surface area contributed by atoms with E-state index in [1.54, 1.807) is 0 Å². The van der Waals surface area contributed by atoms with Crippen molar-refractivity contribution in [1.82, 2.24) is 10.2 Å². The lowest BCUT2D eigenvalue weighted by atomic mass is 10.0. The van der Waals surface area contributed by atoms with Crippen molar-refractivity contribution in [3.63, 3.8) is 0 Å². The van der Waals surface area contributed by atoms with Crippen molar-refractivity contribution >= 4 is 5.91 Å². The number of nitrogens with zero attached hydrogens (tertiary/aromatic N) is 1. The number of nitrogens with one attached hydrogen (secondary N) is 1. The average molecular weight is 210 g/mol. The molecule has 1 aliphatic rings. The zero-order valence-corrected chi connectivity index (χ0v) is 10.0. The minimum atomic E-state index is 0.0503. The zero-order valence-electron chi connectivity index (χ0n) is 10.0. The number of carbonyl (C=O) groups excluding carboxylic acids is 1. The van der Waals surface area contributed by atoms with Crippen molar-refractivity contribution in [2.24, 2.45) is 0 Å². The number of hydrogen-bond donors (Lipinski definition) is 1. The summed E-state index contributed by atoms with van der Waals surface area (Å²) in [6.07, 6.45) is 4.21. The Morgan fingerprint density at radius 1 is 1.60 bits per heavy atom. The molecule has 0 bridgehead atoms. The van der Waals surface area contributed by atoms with Crippen molar-refractivity contribution in [2.45, 2.75) is 39.7 Å². The Labute approximate surface area is 92.5 Å². The first-order valence-electron chi connectivity index (χ1n) is 5.80. The summed E-state index contributed by atoms with van der Waals surface area (Å²) in [6, 6.07) is 0.0503. The smallest absolute Gasteiger partial charge is 0.239 e. The second-order valence-electron chi connectivity index (χ2n) is 4.32. The van der Waals surface area contributed by atoms with Gasteiger partial charge in [0.1, 0.15) is 0 Å². The Bertz CT molecular complexity index is 242. The fourth-order valence-corrected chi connectivity index (χ4v) is 1.85. The van der Waals surface area contributed by atoms with Gasteiger partial charge in [0.25, 0.3) is 0 Å². The normalized spacial score (nSPS) is 21.7. The van der Waals surface area contributed by atoms with Gasteiger partial charge in [0.05, 0.1) is 6.04 Å². The Morgan fingerprint density at radius 3 is 2.93 bits per heavy atom. The van der Waals surface area contributed by atoms with E-state index in [2.05, 4.69) is 25.2 Å². The maximum atomic E-state index is 12.0. The van der Waals surface area contributed by atoms with E-state index >= 15 is 0 Å². The van der Waals surface area contributed by atoms with Crippen LogP contribution >= 0.6 is 0 Å². The molecule has 1 N–H and O–H groups in total. The molecule has 3 heteroatoms. The van der Waals surface area contributed by atoms with Gasteiger partial charge in [0.2, 0.25) is 5.91 Å². The molecule has 0 aromatic rings. The number of rotatable bonds is 4. The van der Waals surface area contributed by atoms with E-state index in [1.807, 2.05) is 11.8 Å². The molecule has 0 aromatic heterocycles. The summed E-state index contributed by atoms with van der Waals surface area (Å²) in [4.78, 5) is 13.9. The highest BCUT2D eigenvalue weighted by atomic mass is 16.2. The quantitative estimate of drug-likeness (QED) is 0.714. The summed E-state index contributed by atoms with van der Waals surface area (Å²) in [5.74, 6) is 0.264. The van der Waals surface area contributed by atoms with Gasteiger partial charge in [0, 0.05) is 13.1 Å². The summed E-state index contributed by atoms with van der Waals surface area (Å²) < 4.78 is 0. The van der Waals surface area contributed by atoms with Gasteiger partial charge in [-0.3, -0.25) is 4.79 Å². The van der Waals surface area contributed by atoms with E-state index in [-0.39, 0.29) is 11.9 Å². The molecule has 1 fully saturated rings. The first-order chi connectivity index (χ1) is 7.15. The van der Waals surface area contributed by atoms with Crippen LogP contribution in [0.15, 0.2) is 11.6 Å². The average Bonchev–Trinajstić information content (AvgIpc) is 2.19. The van der Waals surface area contributed by atoms with Gasteiger partial charge in [-0.05, 0) is 33.2 Å². The molecule has 0 spiro atoms. The van der Waals surface area contributed by atoms with Crippen LogP contribution in [0.1, 0.15) is 33.6 Å². The number of hydrogen-bond acceptors (Lipinski definition) is 2. The third-order valence-electron chi connectivity index (χ3n) is 2.70. The summed E-state index contributed by atoms with van der Waals surface area (Å²) in [5, 5.41) is 3.24. The van der Waals surface area contributed by atoms with Crippen LogP contribution in [0.4, 0.5) is 0 Å². The first-order valence-corrected chi connectivity index (χ1v) is 5.80. The molecule has 0 aromatic carbocycles. The lowest BCUT2D eigenvalue weighted by molar-refractivity contribution is -0.135. The van der Waals surface area contributed by atoms with Gasteiger partial charge in [-0.15, -0.1) is 0 Å².